The average molecular weight is 281 g/mol. The van der Waals surface area contributed by atoms with Crippen molar-refractivity contribution < 1.29 is 18.7 Å². The Morgan fingerprint density at radius 3 is 1.25 bits per heavy atom. The summed E-state index contributed by atoms with van der Waals surface area (Å²) in [5.41, 5.74) is 0. The van der Waals surface area contributed by atoms with Gasteiger partial charge in [0.25, 0.3) is 0 Å². The predicted octanol–water partition coefficient (Wildman–Crippen LogP) is 0.864. The van der Waals surface area contributed by atoms with Crippen LogP contribution >= 0.6 is 27.2 Å². The molecule has 0 atom stereocenters. The summed E-state index contributed by atoms with van der Waals surface area (Å²) in [6.45, 7) is 0. The Morgan fingerprint density at radius 2 is 1.25 bits per heavy atom. The summed E-state index contributed by atoms with van der Waals surface area (Å²) in [5, 5.41) is 0. The maximum atomic E-state index is 3.13. The van der Waals surface area contributed by atoms with Crippen molar-refractivity contribution in [2.75, 3.05) is 0 Å². The molecule has 4 heavy (non-hydrogen) atoms. The molecule has 0 aromatic heterocycles. The molecule has 0 heterocycles. The molecule has 0 unspecified atom stereocenters. The molecule has 0 aromatic carbocycles. The summed E-state index contributed by atoms with van der Waals surface area (Å²) in [7, 11) is 0. The van der Waals surface area contributed by atoms with Crippen molar-refractivity contribution >= 4 is 27.2 Å². The first-order chi connectivity index (χ1) is 1.41. The van der Waals surface area contributed by atoms with Gasteiger partial charge in [0, 0.05) is 0 Å². The van der Waals surface area contributed by atoms with E-state index in [0.29, 0.717) is 13.2 Å². The van der Waals surface area contributed by atoms with Crippen LogP contribution in [0.15, 0.2) is 0 Å². The van der Waals surface area contributed by atoms with Gasteiger partial charge >= 0.3 is 40.5 Å². The van der Waals surface area contributed by atoms with Gasteiger partial charge in [0.2, 0.25) is 0 Å². The zero-order valence-electron chi connectivity index (χ0n) is 1.59. The minimum absolute atomic E-state index is 0. The van der Waals surface area contributed by atoms with Crippen molar-refractivity contribution in [1.29, 1.82) is 0 Å². The van der Waals surface area contributed by atoms with Crippen LogP contribution in [0.5, 0.6) is 0 Å². The summed E-state index contributed by atoms with van der Waals surface area (Å²) in [4.78, 5) is 0. The average Bonchev–Trinajstić information content (AvgIpc) is 0.918. The monoisotopic (exact) mass is 279 g/mol. The molecule has 0 saturated heterocycles. The fraction of sp³-hybridized carbons (Fsp3) is 0. The third-order valence-corrected chi connectivity index (χ3v) is 0. The molecule has 0 radical (unpaired) electrons. The van der Waals surface area contributed by atoms with Gasteiger partial charge in [-0.15, -0.1) is 0 Å². The molecule has 0 aliphatic carbocycles. The minimum atomic E-state index is 0. The van der Waals surface area contributed by atoms with E-state index in [4.69, 9.17) is 0 Å². The molecule has 0 fully saturated rings. The predicted molar refractivity (Wildman–Crippen MR) is 21.5 cm³/mol. The molecule has 0 amide bonds. The summed E-state index contributed by atoms with van der Waals surface area (Å²) < 4.78 is 0. The van der Waals surface area contributed by atoms with Gasteiger partial charge in [-0.25, -0.2) is 0 Å². The summed E-state index contributed by atoms with van der Waals surface area (Å²) in [6.07, 6.45) is 0. The first-order valence-electron chi connectivity index (χ1n) is 0.252. The first kappa shape index (κ1) is 9.11. The Morgan fingerprint density at radius 1 is 1.25 bits per heavy atom. The van der Waals surface area contributed by atoms with E-state index < -0.39 is 0 Å². The number of rotatable bonds is 0. The molecule has 0 saturated carbocycles. The molecule has 1 nitrogen and oxygen atoms in total. The molecule has 0 aliphatic rings. The van der Waals surface area contributed by atoms with Crippen molar-refractivity contribution in [3.05, 3.63) is 0 Å². The van der Waals surface area contributed by atoms with Gasteiger partial charge in [-0.1, -0.05) is 0 Å². The van der Waals surface area contributed by atoms with E-state index >= 15 is 0 Å². The number of hydrogen-bond acceptors (Lipinski definition) is 0. The second kappa shape index (κ2) is 8.82. The Labute approximate surface area is 45.8 Å². The quantitative estimate of drug-likeness (QED) is 0.590. The van der Waals surface area contributed by atoms with E-state index in [-0.39, 0.29) is 5.48 Å². The Kier molecular flexibility index (Phi) is 20.1. The molecule has 0 rings (SSSR count). The van der Waals surface area contributed by atoms with Crippen molar-refractivity contribution in [3.63, 3.8) is 0 Å². The Hall–Kier alpha value is 1.54. The zero-order chi connectivity index (χ0) is 2.71. The van der Waals surface area contributed by atoms with Crippen LogP contribution in [0.2, 0.25) is 0 Å². The van der Waals surface area contributed by atoms with Crippen LogP contribution in [0.3, 0.4) is 0 Å². The van der Waals surface area contributed by atoms with E-state index in [1.165, 1.54) is 0 Å². The van der Waals surface area contributed by atoms with Gasteiger partial charge < -0.3 is 5.48 Å². The van der Waals surface area contributed by atoms with E-state index in [1.807, 2.05) is 0 Å². The third kappa shape index (κ3) is 9.62. The van der Waals surface area contributed by atoms with Crippen LogP contribution in [0.25, 0.3) is 0 Å². The van der Waals surface area contributed by atoms with E-state index in [1.54, 1.807) is 0 Å². The van der Waals surface area contributed by atoms with Gasteiger partial charge in [0.1, 0.15) is 0 Å². The topological polar surface area (TPSA) is 31.5 Å². The third-order valence-electron chi connectivity index (χ3n) is 0. The van der Waals surface area contributed by atoms with Gasteiger partial charge in [0.15, 0.2) is 0 Å². The molecule has 0 spiro atoms. The maximum absolute atomic E-state index is 3.13. The van der Waals surface area contributed by atoms with Crippen molar-refractivity contribution in [1.82, 2.24) is 0 Å². The van der Waals surface area contributed by atoms with Gasteiger partial charge in [0.05, 0.1) is 0 Å². The summed E-state index contributed by atoms with van der Waals surface area (Å²) >= 11 is 6.72. The van der Waals surface area contributed by atoms with Crippen LogP contribution in [-0.2, 0) is 13.2 Å². The fourth-order valence-corrected chi connectivity index (χ4v) is 0. The van der Waals surface area contributed by atoms with Crippen LogP contribution in [0.1, 0.15) is 0 Å². The van der Waals surface area contributed by atoms with Crippen LogP contribution in [0.4, 0.5) is 0 Å². The molecule has 0 aromatic rings. The molecule has 31 valence electrons. The summed E-state index contributed by atoms with van der Waals surface area (Å²) in [6, 6.07) is 0. The molecular formula is H2Br2ORh. The van der Waals surface area contributed by atoms with Gasteiger partial charge in [-0.3, -0.25) is 0 Å². The van der Waals surface area contributed by atoms with Crippen molar-refractivity contribution in [2.24, 2.45) is 0 Å². The van der Waals surface area contributed by atoms with Crippen molar-refractivity contribution in [2.45, 2.75) is 0 Å². The molecule has 0 aliphatic heterocycles. The number of hydrogen-bond donors (Lipinski definition) is 0. The van der Waals surface area contributed by atoms with Crippen LogP contribution in [-0.4, -0.2) is 5.48 Å². The van der Waals surface area contributed by atoms with E-state index in [0.717, 1.165) is 0 Å². The number of halogens is 2. The van der Waals surface area contributed by atoms with Gasteiger partial charge in [-0.2, -0.15) is 0 Å². The van der Waals surface area contributed by atoms with Gasteiger partial charge in [-0.05, 0) is 0 Å². The second-order valence-electron chi connectivity index (χ2n) is 0.0476. The molecular weight excluding hydrogens is 279 g/mol. The summed E-state index contributed by atoms with van der Waals surface area (Å²) in [5.74, 6) is 0. The molecule has 2 N–H and O–H groups in total. The Bertz CT molecular complexity index is 6.00. The zero-order valence-corrected chi connectivity index (χ0v) is 6.40. The van der Waals surface area contributed by atoms with E-state index in [9.17, 15) is 0 Å². The van der Waals surface area contributed by atoms with Crippen LogP contribution < -0.4 is 0 Å². The van der Waals surface area contributed by atoms with Crippen LogP contribution in [0, 0.1) is 0 Å². The fourth-order valence-electron chi connectivity index (χ4n) is 0. The SMILES string of the molecule is O.[Br][Rh][Br]. The van der Waals surface area contributed by atoms with Crippen molar-refractivity contribution in [3.8, 4) is 0 Å². The first-order valence-corrected chi connectivity index (χ1v) is 7.75. The molecule has 4 heteroatoms. The standard InChI is InChI=1S/2BrH.H2O.Rh/h2*1H;1H2;/q;;;+2/p-2. The second-order valence-corrected chi connectivity index (χ2v) is 7.61. The Balaban J connectivity index is 0. The van der Waals surface area contributed by atoms with E-state index in [2.05, 4.69) is 27.2 Å². The normalized spacial score (nSPS) is 5.50. The molecule has 0 bridgehead atoms.